The quantitative estimate of drug-likeness (QED) is 0.790. The minimum Gasteiger partial charge on any atom is -0.494 e. The fourth-order valence-corrected chi connectivity index (χ4v) is 2.07. The number of benzene rings is 2. The zero-order valence-corrected chi connectivity index (χ0v) is 12.4. The molecule has 0 heterocycles. The molecule has 0 bridgehead atoms. The lowest BCUT2D eigenvalue weighted by Crippen LogP contribution is -2.01. The second-order valence-corrected chi connectivity index (χ2v) is 4.90. The van der Waals surface area contributed by atoms with Gasteiger partial charge >= 0.3 is 0 Å². The topological polar surface area (TPSA) is 21.3 Å². The number of anilines is 1. The van der Waals surface area contributed by atoms with Gasteiger partial charge in [0.25, 0.3) is 0 Å². The summed E-state index contributed by atoms with van der Waals surface area (Å²) in [7, 11) is 0. The fourth-order valence-electron chi connectivity index (χ4n) is 2.07. The number of hydrogen-bond acceptors (Lipinski definition) is 2. The lowest BCUT2D eigenvalue weighted by molar-refractivity contribution is 0.317. The van der Waals surface area contributed by atoms with Crippen molar-refractivity contribution in [3.63, 3.8) is 0 Å². The van der Waals surface area contributed by atoms with Crippen LogP contribution in [-0.4, -0.2) is 6.61 Å². The van der Waals surface area contributed by atoms with Crippen LogP contribution in [0.3, 0.4) is 0 Å². The van der Waals surface area contributed by atoms with Crippen LogP contribution in [0.4, 0.5) is 5.69 Å². The van der Waals surface area contributed by atoms with Crippen LogP contribution in [0.25, 0.3) is 0 Å². The van der Waals surface area contributed by atoms with Gasteiger partial charge in [0, 0.05) is 12.2 Å². The Morgan fingerprint density at radius 1 is 0.950 bits per heavy atom. The third-order valence-electron chi connectivity index (χ3n) is 3.20. The highest BCUT2D eigenvalue weighted by Crippen LogP contribution is 2.16. The average molecular weight is 269 g/mol. The van der Waals surface area contributed by atoms with E-state index in [0.717, 1.165) is 31.7 Å². The fraction of sp³-hybridized carbons (Fsp3) is 0.333. The molecule has 0 saturated carbocycles. The molecule has 0 fully saturated rings. The molecule has 2 aromatic carbocycles. The maximum absolute atomic E-state index is 5.66. The Morgan fingerprint density at radius 3 is 2.55 bits per heavy atom. The number of nitrogens with one attached hydrogen (secondary N) is 1. The standard InChI is InChI=1S/C18H23NO/c1-3-11-20-18-10-6-8-16(13-18)14-19-17-9-5-7-15(4-2)12-17/h5-10,12-13,19H,3-4,11,14H2,1-2H3. The molecule has 20 heavy (non-hydrogen) atoms. The van der Waals surface area contributed by atoms with Crippen LogP contribution in [0.1, 0.15) is 31.4 Å². The molecule has 0 unspecified atom stereocenters. The highest BCUT2D eigenvalue weighted by atomic mass is 16.5. The van der Waals surface area contributed by atoms with E-state index in [0.29, 0.717) is 0 Å². The normalized spacial score (nSPS) is 10.3. The Hall–Kier alpha value is -1.96. The zero-order valence-electron chi connectivity index (χ0n) is 12.4. The molecule has 0 amide bonds. The first-order valence-electron chi connectivity index (χ1n) is 7.36. The van der Waals surface area contributed by atoms with Gasteiger partial charge in [-0.05, 0) is 48.2 Å². The van der Waals surface area contributed by atoms with E-state index in [1.54, 1.807) is 0 Å². The van der Waals surface area contributed by atoms with Gasteiger partial charge in [0.05, 0.1) is 6.61 Å². The van der Waals surface area contributed by atoms with Crippen LogP contribution in [0.15, 0.2) is 48.5 Å². The molecule has 0 radical (unpaired) electrons. The second-order valence-electron chi connectivity index (χ2n) is 4.90. The van der Waals surface area contributed by atoms with Crippen molar-refractivity contribution < 1.29 is 4.74 Å². The second kappa shape index (κ2) is 7.59. The molecular formula is C18H23NO. The van der Waals surface area contributed by atoms with Gasteiger partial charge in [-0.1, -0.05) is 38.1 Å². The van der Waals surface area contributed by atoms with E-state index in [9.17, 15) is 0 Å². The first-order chi connectivity index (χ1) is 9.81. The summed E-state index contributed by atoms with van der Waals surface area (Å²) in [5.74, 6) is 0.952. The van der Waals surface area contributed by atoms with Gasteiger partial charge in [0.1, 0.15) is 5.75 Å². The third kappa shape index (κ3) is 4.30. The first-order valence-corrected chi connectivity index (χ1v) is 7.36. The van der Waals surface area contributed by atoms with Crippen LogP contribution in [-0.2, 0) is 13.0 Å². The first kappa shape index (κ1) is 14.4. The summed E-state index contributed by atoms with van der Waals surface area (Å²) >= 11 is 0. The molecule has 1 N–H and O–H groups in total. The average Bonchev–Trinajstić information content (AvgIpc) is 2.51. The van der Waals surface area contributed by atoms with Crippen molar-refractivity contribution >= 4 is 5.69 Å². The van der Waals surface area contributed by atoms with Gasteiger partial charge in [-0.2, -0.15) is 0 Å². The SMILES string of the molecule is CCCOc1cccc(CNc2cccc(CC)c2)c1. The summed E-state index contributed by atoms with van der Waals surface area (Å²) in [6.45, 7) is 5.88. The minimum atomic E-state index is 0.773. The maximum atomic E-state index is 5.66. The van der Waals surface area contributed by atoms with Crippen LogP contribution < -0.4 is 10.1 Å². The van der Waals surface area contributed by atoms with Crippen molar-refractivity contribution in [2.45, 2.75) is 33.2 Å². The van der Waals surface area contributed by atoms with Crippen molar-refractivity contribution in [3.05, 3.63) is 59.7 Å². The predicted octanol–water partition coefficient (Wildman–Crippen LogP) is 4.65. The van der Waals surface area contributed by atoms with Gasteiger partial charge in [0.15, 0.2) is 0 Å². The molecule has 2 rings (SSSR count). The van der Waals surface area contributed by atoms with E-state index in [1.807, 2.05) is 12.1 Å². The summed E-state index contributed by atoms with van der Waals surface area (Å²) in [5.41, 5.74) is 3.76. The molecule has 0 aliphatic carbocycles. The smallest absolute Gasteiger partial charge is 0.119 e. The Labute approximate surface area is 121 Å². The highest BCUT2D eigenvalue weighted by molar-refractivity contribution is 5.46. The van der Waals surface area contributed by atoms with Crippen molar-refractivity contribution in [2.24, 2.45) is 0 Å². The largest absolute Gasteiger partial charge is 0.494 e. The summed E-state index contributed by atoms with van der Waals surface area (Å²) in [5, 5.41) is 3.46. The van der Waals surface area contributed by atoms with E-state index in [-0.39, 0.29) is 0 Å². The van der Waals surface area contributed by atoms with Gasteiger partial charge in [-0.15, -0.1) is 0 Å². The number of rotatable bonds is 7. The molecule has 0 aromatic heterocycles. The van der Waals surface area contributed by atoms with Gasteiger partial charge in [-0.25, -0.2) is 0 Å². The van der Waals surface area contributed by atoms with Crippen LogP contribution in [0, 0.1) is 0 Å². The number of hydrogen-bond donors (Lipinski definition) is 1. The Kier molecular flexibility index (Phi) is 5.48. The molecular weight excluding hydrogens is 246 g/mol. The molecule has 2 nitrogen and oxygen atoms in total. The van der Waals surface area contributed by atoms with Crippen LogP contribution >= 0.6 is 0 Å². The Morgan fingerprint density at radius 2 is 1.75 bits per heavy atom. The maximum Gasteiger partial charge on any atom is 0.119 e. The van der Waals surface area contributed by atoms with Crippen LogP contribution in [0.2, 0.25) is 0 Å². The summed E-state index contributed by atoms with van der Waals surface area (Å²) in [6.07, 6.45) is 2.10. The molecule has 0 atom stereocenters. The molecule has 0 aliphatic rings. The van der Waals surface area contributed by atoms with E-state index in [1.165, 1.54) is 16.8 Å². The molecule has 2 aromatic rings. The third-order valence-corrected chi connectivity index (χ3v) is 3.20. The molecule has 0 saturated heterocycles. The van der Waals surface area contributed by atoms with Gasteiger partial charge in [-0.3, -0.25) is 0 Å². The minimum absolute atomic E-state index is 0.773. The van der Waals surface area contributed by atoms with Crippen molar-refractivity contribution in [2.75, 3.05) is 11.9 Å². The van der Waals surface area contributed by atoms with Crippen molar-refractivity contribution in [1.82, 2.24) is 0 Å². The predicted molar refractivity (Wildman–Crippen MR) is 85.4 cm³/mol. The number of aryl methyl sites for hydroxylation is 1. The highest BCUT2D eigenvalue weighted by Gasteiger charge is 1.98. The van der Waals surface area contributed by atoms with E-state index in [2.05, 4.69) is 55.6 Å². The lowest BCUT2D eigenvalue weighted by Gasteiger charge is -2.10. The summed E-state index contributed by atoms with van der Waals surface area (Å²) in [6, 6.07) is 16.9. The van der Waals surface area contributed by atoms with E-state index < -0.39 is 0 Å². The summed E-state index contributed by atoms with van der Waals surface area (Å²) < 4.78 is 5.66. The van der Waals surface area contributed by atoms with Gasteiger partial charge in [0.2, 0.25) is 0 Å². The Bertz CT molecular complexity index is 536. The molecule has 0 spiro atoms. The van der Waals surface area contributed by atoms with Gasteiger partial charge < -0.3 is 10.1 Å². The lowest BCUT2D eigenvalue weighted by atomic mass is 10.1. The monoisotopic (exact) mass is 269 g/mol. The molecule has 0 aliphatic heterocycles. The van der Waals surface area contributed by atoms with E-state index >= 15 is 0 Å². The van der Waals surface area contributed by atoms with Crippen LogP contribution in [0.5, 0.6) is 5.75 Å². The van der Waals surface area contributed by atoms with Crippen molar-refractivity contribution in [3.8, 4) is 5.75 Å². The zero-order chi connectivity index (χ0) is 14.2. The molecule has 106 valence electrons. The number of ether oxygens (including phenoxy) is 1. The van der Waals surface area contributed by atoms with E-state index in [4.69, 9.17) is 4.74 Å². The molecule has 2 heteroatoms. The Balaban J connectivity index is 1.95. The van der Waals surface area contributed by atoms with Crippen molar-refractivity contribution in [1.29, 1.82) is 0 Å². The summed E-state index contributed by atoms with van der Waals surface area (Å²) in [4.78, 5) is 0.